The molecule has 1 aliphatic rings. The summed E-state index contributed by atoms with van der Waals surface area (Å²) in [5.74, 6) is -1.12. The Balaban J connectivity index is 1.97. The number of aryl methyl sites for hydroxylation is 1. The van der Waals surface area contributed by atoms with Crippen molar-refractivity contribution in [3.8, 4) is 0 Å². The smallest absolute Gasteiger partial charge is 0.327 e. The van der Waals surface area contributed by atoms with Gasteiger partial charge in [0.15, 0.2) is 0 Å². The average Bonchev–Trinajstić information content (AvgIpc) is 2.88. The Morgan fingerprint density at radius 2 is 2.14 bits per heavy atom. The van der Waals surface area contributed by atoms with E-state index in [1.807, 2.05) is 0 Å². The van der Waals surface area contributed by atoms with E-state index in [2.05, 4.69) is 9.84 Å². The fourth-order valence-corrected chi connectivity index (χ4v) is 2.61. The molecule has 0 saturated carbocycles. The summed E-state index contributed by atoms with van der Waals surface area (Å²) >= 11 is 0. The Labute approximate surface area is 128 Å². The Kier molecular flexibility index (Phi) is 5.30. The zero-order valence-corrected chi connectivity index (χ0v) is 12.8. The van der Waals surface area contributed by atoms with E-state index in [-0.39, 0.29) is 37.2 Å². The predicted molar refractivity (Wildman–Crippen MR) is 76.0 cm³/mol. The van der Waals surface area contributed by atoms with Crippen molar-refractivity contribution < 1.29 is 23.9 Å². The number of hydrogen-bond acceptors (Lipinski definition) is 6. The Morgan fingerprint density at radius 1 is 1.36 bits per heavy atom. The number of aromatic nitrogens is 2. The lowest BCUT2D eigenvalue weighted by atomic mass is 9.84. The molecule has 7 nitrogen and oxygen atoms in total. The zero-order chi connectivity index (χ0) is 16.1. The van der Waals surface area contributed by atoms with Crippen molar-refractivity contribution in [3.63, 3.8) is 0 Å². The van der Waals surface area contributed by atoms with Crippen LogP contribution < -0.4 is 0 Å². The van der Waals surface area contributed by atoms with Crippen LogP contribution in [0.25, 0.3) is 0 Å². The summed E-state index contributed by atoms with van der Waals surface area (Å²) in [6.07, 6.45) is 3.48. The second-order valence-electron chi connectivity index (χ2n) is 5.26. The fourth-order valence-electron chi connectivity index (χ4n) is 2.61. The Hall–Kier alpha value is -2.18. The van der Waals surface area contributed by atoms with Gasteiger partial charge >= 0.3 is 11.9 Å². The number of ketones is 1. The second kappa shape index (κ2) is 7.20. The molecule has 0 amide bonds. The van der Waals surface area contributed by atoms with Gasteiger partial charge in [-0.1, -0.05) is 0 Å². The minimum absolute atomic E-state index is 0.0605. The van der Waals surface area contributed by atoms with Crippen LogP contribution in [0.1, 0.15) is 31.0 Å². The highest BCUT2D eigenvalue weighted by atomic mass is 16.5. The number of rotatable bonds is 6. The van der Waals surface area contributed by atoms with Crippen LogP contribution in [-0.4, -0.2) is 41.2 Å². The normalized spacial score (nSPS) is 16.7. The van der Waals surface area contributed by atoms with E-state index in [1.165, 1.54) is 11.8 Å². The number of ether oxygens (including phenoxy) is 2. The maximum Gasteiger partial charge on any atom is 0.327 e. The monoisotopic (exact) mass is 308 g/mol. The van der Waals surface area contributed by atoms with Crippen LogP contribution in [-0.2, 0) is 43.2 Å². The van der Waals surface area contributed by atoms with Gasteiger partial charge < -0.3 is 9.47 Å². The lowest BCUT2D eigenvalue weighted by molar-refractivity contribution is -0.146. The molecule has 1 heterocycles. The SMILES string of the molecule is CCOC(=O)CC(=O)C1CCc2nn(CC(=O)OC)cc2C1. The summed E-state index contributed by atoms with van der Waals surface area (Å²) in [4.78, 5) is 34.8. The lowest BCUT2D eigenvalue weighted by Crippen LogP contribution is -2.25. The standard InChI is InChI=1S/C15H20N2O5/c1-3-22-14(19)7-13(18)10-4-5-12-11(6-10)8-17(16-12)9-15(20)21-2/h8,10H,3-7,9H2,1-2H3. The molecule has 0 saturated heterocycles. The molecule has 0 spiro atoms. The van der Waals surface area contributed by atoms with Crippen molar-refractivity contribution in [1.29, 1.82) is 0 Å². The molecule has 1 aromatic heterocycles. The van der Waals surface area contributed by atoms with Gasteiger partial charge in [-0.15, -0.1) is 0 Å². The average molecular weight is 308 g/mol. The maximum atomic E-state index is 12.1. The van der Waals surface area contributed by atoms with Crippen molar-refractivity contribution >= 4 is 17.7 Å². The molecular formula is C15H20N2O5. The van der Waals surface area contributed by atoms with Crippen molar-refractivity contribution in [2.75, 3.05) is 13.7 Å². The largest absolute Gasteiger partial charge is 0.468 e. The van der Waals surface area contributed by atoms with Crippen LogP contribution in [0.2, 0.25) is 0 Å². The van der Waals surface area contributed by atoms with Crippen molar-refractivity contribution in [3.05, 3.63) is 17.5 Å². The van der Waals surface area contributed by atoms with Gasteiger partial charge in [-0.25, -0.2) is 0 Å². The van der Waals surface area contributed by atoms with Gasteiger partial charge in [-0.2, -0.15) is 5.10 Å². The molecule has 120 valence electrons. The van der Waals surface area contributed by atoms with E-state index >= 15 is 0 Å². The lowest BCUT2D eigenvalue weighted by Gasteiger charge is -2.19. The summed E-state index contributed by atoms with van der Waals surface area (Å²) < 4.78 is 10.9. The maximum absolute atomic E-state index is 12.1. The summed E-state index contributed by atoms with van der Waals surface area (Å²) in [7, 11) is 1.33. The van der Waals surface area contributed by atoms with Crippen molar-refractivity contribution in [1.82, 2.24) is 9.78 Å². The van der Waals surface area contributed by atoms with Crippen LogP contribution in [0.15, 0.2) is 6.20 Å². The minimum Gasteiger partial charge on any atom is -0.468 e. The van der Waals surface area contributed by atoms with Gasteiger partial charge in [-0.05, 0) is 31.7 Å². The highest BCUT2D eigenvalue weighted by Crippen LogP contribution is 2.26. The van der Waals surface area contributed by atoms with Gasteiger partial charge in [0.2, 0.25) is 0 Å². The minimum atomic E-state index is -0.473. The first-order valence-electron chi connectivity index (χ1n) is 7.33. The van der Waals surface area contributed by atoms with Crippen LogP contribution in [0.4, 0.5) is 0 Å². The van der Waals surface area contributed by atoms with Gasteiger partial charge in [-0.3, -0.25) is 19.1 Å². The number of hydrogen-bond donors (Lipinski definition) is 0. The molecule has 1 aromatic rings. The van der Waals surface area contributed by atoms with E-state index in [1.54, 1.807) is 13.1 Å². The molecule has 7 heteroatoms. The van der Waals surface area contributed by atoms with Gasteiger partial charge in [0.05, 0.1) is 19.4 Å². The second-order valence-corrected chi connectivity index (χ2v) is 5.26. The number of carbonyl (C=O) groups is 3. The van der Waals surface area contributed by atoms with Crippen LogP contribution in [0, 0.1) is 5.92 Å². The topological polar surface area (TPSA) is 87.5 Å². The molecule has 0 fully saturated rings. The summed E-state index contributed by atoms with van der Waals surface area (Å²) in [5.41, 5.74) is 1.86. The molecular weight excluding hydrogens is 288 g/mol. The molecule has 0 aliphatic heterocycles. The third-order valence-electron chi connectivity index (χ3n) is 3.72. The summed E-state index contributed by atoms with van der Waals surface area (Å²) in [6, 6.07) is 0. The zero-order valence-electron chi connectivity index (χ0n) is 12.8. The first kappa shape index (κ1) is 16.2. The molecule has 0 N–H and O–H groups in total. The van der Waals surface area contributed by atoms with Crippen LogP contribution >= 0.6 is 0 Å². The molecule has 22 heavy (non-hydrogen) atoms. The van der Waals surface area contributed by atoms with E-state index in [9.17, 15) is 14.4 Å². The molecule has 0 radical (unpaired) electrons. The number of carbonyl (C=O) groups excluding carboxylic acids is 3. The highest BCUT2D eigenvalue weighted by Gasteiger charge is 2.28. The first-order valence-corrected chi connectivity index (χ1v) is 7.33. The predicted octanol–water partition coefficient (Wildman–Crippen LogP) is 0.683. The molecule has 0 bridgehead atoms. The van der Waals surface area contributed by atoms with Gasteiger partial charge in [0, 0.05) is 12.1 Å². The molecule has 0 aromatic carbocycles. The number of Topliss-reactive ketones (excluding diaryl/α,β-unsaturated/α-hetero) is 1. The first-order chi connectivity index (χ1) is 10.5. The summed E-state index contributed by atoms with van der Waals surface area (Å²) in [6.45, 7) is 2.05. The molecule has 1 unspecified atom stereocenters. The third kappa shape index (κ3) is 3.93. The van der Waals surface area contributed by atoms with E-state index in [4.69, 9.17) is 4.74 Å². The van der Waals surface area contributed by atoms with Crippen molar-refractivity contribution in [2.24, 2.45) is 5.92 Å². The number of nitrogens with zero attached hydrogens (tertiary/aromatic N) is 2. The Bertz CT molecular complexity index is 578. The van der Waals surface area contributed by atoms with Gasteiger partial charge in [0.1, 0.15) is 18.7 Å². The van der Waals surface area contributed by atoms with Gasteiger partial charge in [0.25, 0.3) is 0 Å². The van der Waals surface area contributed by atoms with E-state index in [0.717, 1.165) is 11.3 Å². The van der Waals surface area contributed by atoms with E-state index in [0.29, 0.717) is 19.3 Å². The molecule has 1 aliphatic carbocycles. The number of methoxy groups -OCH3 is 1. The number of esters is 2. The third-order valence-corrected chi connectivity index (χ3v) is 3.72. The van der Waals surface area contributed by atoms with Crippen LogP contribution in [0.5, 0.6) is 0 Å². The number of fused-ring (bicyclic) bond motifs is 1. The Morgan fingerprint density at radius 3 is 2.82 bits per heavy atom. The highest BCUT2D eigenvalue weighted by molar-refractivity contribution is 5.97. The fraction of sp³-hybridized carbons (Fsp3) is 0.600. The van der Waals surface area contributed by atoms with E-state index < -0.39 is 5.97 Å². The molecule has 1 atom stereocenters. The quantitative estimate of drug-likeness (QED) is 0.567. The van der Waals surface area contributed by atoms with Crippen molar-refractivity contribution in [2.45, 2.75) is 39.2 Å². The van der Waals surface area contributed by atoms with Crippen LogP contribution in [0.3, 0.4) is 0 Å². The summed E-state index contributed by atoms with van der Waals surface area (Å²) in [5, 5.41) is 4.34. The molecule has 2 rings (SSSR count).